The van der Waals surface area contributed by atoms with Gasteiger partial charge in [0, 0.05) is 26.2 Å². The van der Waals surface area contributed by atoms with Crippen LogP contribution in [0.2, 0.25) is 0 Å². The highest BCUT2D eigenvalue weighted by Crippen LogP contribution is 2.37. The van der Waals surface area contributed by atoms with E-state index in [2.05, 4.69) is 29.6 Å². The molecule has 3 heteroatoms. The Hall–Kier alpha value is -1.06. The maximum absolute atomic E-state index is 5.25. The second-order valence-electron chi connectivity index (χ2n) is 3.08. The quantitative estimate of drug-likeness (QED) is 0.599. The maximum atomic E-state index is 5.25. The van der Waals surface area contributed by atoms with Crippen LogP contribution < -0.4 is 4.74 Å². The molecule has 14 heavy (non-hydrogen) atoms. The Morgan fingerprint density at radius 2 is 1.93 bits per heavy atom. The van der Waals surface area contributed by atoms with E-state index in [1.807, 2.05) is 0 Å². The average Bonchev–Trinajstić information content (AvgIpc) is 2.82. The van der Waals surface area contributed by atoms with Gasteiger partial charge >= 0.3 is 0 Å². The zero-order chi connectivity index (χ0) is 9.54. The second-order valence-corrected chi connectivity index (χ2v) is 5.07. The van der Waals surface area contributed by atoms with Gasteiger partial charge in [-0.05, 0) is 23.6 Å². The normalized spacial score (nSPS) is 11.2. The van der Waals surface area contributed by atoms with E-state index in [4.69, 9.17) is 4.74 Å². The van der Waals surface area contributed by atoms with E-state index in [9.17, 15) is 0 Å². The van der Waals surface area contributed by atoms with Gasteiger partial charge in [0.05, 0.1) is 7.11 Å². The lowest BCUT2D eigenvalue weighted by molar-refractivity contribution is 0.427. The molecule has 70 valence electrons. The standard InChI is InChI=1S/C11H8OS2/c1-12-11-6-8-7-4-5-13-9(7)2-3-10(8)14-11/h2-6H,1H3. The predicted octanol–water partition coefficient (Wildman–Crippen LogP) is 4.12. The van der Waals surface area contributed by atoms with Crippen molar-refractivity contribution in [1.82, 2.24) is 0 Å². The van der Waals surface area contributed by atoms with E-state index in [0.717, 1.165) is 5.06 Å². The molecule has 0 aliphatic heterocycles. The van der Waals surface area contributed by atoms with E-state index in [0.29, 0.717) is 0 Å². The topological polar surface area (TPSA) is 9.23 Å². The van der Waals surface area contributed by atoms with Crippen molar-refractivity contribution < 1.29 is 4.74 Å². The van der Waals surface area contributed by atoms with Crippen LogP contribution in [0.3, 0.4) is 0 Å². The number of benzene rings is 1. The Bertz CT molecular complexity index is 591. The van der Waals surface area contributed by atoms with Crippen LogP contribution in [0.5, 0.6) is 5.06 Å². The lowest BCUT2D eigenvalue weighted by Gasteiger charge is -1.90. The molecule has 0 amide bonds. The third-order valence-corrected chi connectivity index (χ3v) is 4.25. The van der Waals surface area contributed by atoms with E-state index in [1.165, 1.54) is 20.2 Å². The SMILES string of the molecule is COc1cc2c(ccc3sccc32)s1. The molecule has 0 radical (unpaired) electrons. The number of rotatable bonds is 1. The van der Waals surface area contributed by atoms with Gasteiger partial charge in [-0.2, -0.15) is 0 Å². The number of ether oxygens (including phenoxy) is 1. The summed E-state index contributed by atoms with van der Waals surface area (Å²) in [6, 6.07) is 8.64. The fourth-order valence-electron chi connectivity index (χ4n) is 1.64. The summed E-state index contributed by atoms with van der Waals surface area (Å²) in [5.74, 6) is 0. The molecular formula is C11H8OS2. The fourth-order valence-corrected chi connectivity index (χ4v) is 3.33. The molecule has 0 saturated heterocycles. The molecule has 2 aromatic heterocycles. The minimum Gasteiger partial charge on any atom is -0.487 e. The highest BCUT2D eigenvalue weighted by atomic mass is 32.1. The van der Waals surface area contributed by atoms with Crippen molar-refractivity contribution in [2.45, 2.75) is 0 Å². The minimum atomic E-state index is 0.985. The summed E-state index contributed by atoms with van der Waals surface area (Å²) in [6.45, 7) is 0. The maximum Gasteiger partial charge on any atom is 0.174 e. The van der Waals surface area contributed by atoms with Gasteiger partial charge in [0.25, 0.3) is 0 Å². The lowest BCUT2D eigenvalue weighted by Crippen LogP contribution is -1.73. The Morgan fingerprint density at radius 1 is 1.07 bits per heavy atom. The van der Waals surface area contributed by atoms with Crippen molar-refractivity contribution >= 4 is 42.8 Å². The summed E-state index contributed by atoms with van der Waals surface area (Å²) >= 11 is 3.48. The monoisotopic (exact) mass is 220 g/mol. The van der Waals surface area contributed by atoms with E-state index < -0.39 is 0 Å². The Balaban J connectivity index is 2.49. The summed E-state index contributed by atoms with van der Waals surface area (Å²) in [7, 11) is 1.72. The van der Waals surface area contributed by atoms with Crippen molar-refractivity contribution in [2.24, 2.45) is 0 Å². The first-order chi connectivity index (χ1) is 6.88. The van der Waals surface area contributed by atoms with Gasteiger partial charge in [-0.3, -0.25) is 0 Å². The zero-order valence-electron chi connectivity index (χ0n) is 7.61. The number of methoxy groups -OCH3 is 1. The molecule has 0 unspecified atom stereocenters. The summed E-state index contributed by atoms with van der Waals surface area (Å²) in [6.07, 6.45) is 0. The molecule has 0 spiro atoms. The second kappa shape index (κ2) is 2.97. The van der Waals surface area contributed by atoms with Gasteiger partial charge in [-0.1, -0.05) is 11.3 Å². The molecule has 0 aliphatic rings. The number of hydrogen-bond donors (Lipinski definition) is 0. The summed E-state index contributed by atoms with van der Waals surface area (Å²) in [5.41, 5.74) is 0. The highest BCUT2D eigenvalue weighted by molar-refractivity contribution is 7.21. The van der Waals surface area contributed by atoms with Crippen molar-refractivity contribution in [1.29, 1.82) is 0 Å². The molecule has 2 heterocycles. The van der Waals surface area contributed by atoms with Crippen LogP contribution in [0, 0.1) is 0 Å². The molecule has 0 bridgehead atoms. The van der Waals surface area contributed by atoms with E-state index >= 15 is 0 Å². The van der Waals surface area contributed by atoms with Crippen LogP contribution in [-0.2, 0) is 0 Å². The molecule has 0 aliphatic carbocycles. The van der Waals surface area contributed by atoms with Crippen LogP contribution in [0.4, 0.5) is 0 Å². The van der Waals surface area contributed by atoms with Gasteiger partial charge in [0.2, 0.25) is 0 Å². The first-order valence-corrected chi connectivity index (χ1v) is 6.02. The van der Waals surface area contributed by atoms with Crippen LogP contribution >= 0.6 is 22.7 Å². The molecule has 1 nitrogen and oxygen atoms in total. The summed E-state index contributed by atoms with van der Waals surface area (Å²) in [4.78, 5) is 0. The first kappa shape index (κ1) is 8.26. The van der Waals surface area contributed by atoms with E-state index in [1.54, 1.807) is 29.8 Å². The van der Waals surface area contributed by atoms with E-state index in [-0.39, 0.29) is 0 Å². The summed E-state index contributed by atoms with van der Waals surface area (Å²) < 4.78 is 7.89. The molecule has 0 atom stereocenters. The van der Waals surface area contributed by atoms with Gasteiger partial charge in [-0.15, -0.1) is 11.3 Å². The smallest absolute Gasteiger partial charge is 0.174 e. The van der Waals surface area contributed by atoms with Crippen LogP contribution in [0.1, 0.15) is 0 Å². The number of thiophene rings is 2. The van der Waals surface area contributed by atoms with Crippen LogP contribution in [0.15, 0.2) is 29.6 Å². The van der Waals surface area contributed by atoms with Gasteiger partial charge in [-0.25, -0.2) is 0 Å². The van der Waals surface area contributed by atoms with Crippen molar-refractivity contribution in [3.63, 3.8) is 0 Å². The summed E-state index contributed by atoms with van der Waals surface area (Å²) in [5, 5.41) is 5.77. The molecule has 0 fully saturated rings. The minimum absolute atomic E-state index is 0.985. The molecule has 3 aromatic rings. The Kier molecular flexibility index (Phi) is 1.75. The number of fused-ring (bicyclic) bond motifs is 3. The lowest BCUT2D eigenvalue weighted by atomic mass is 10.2. The molecule has 3 rings (SSSR count). The van der Waals surface area contributed by atoms with Crippen LogP contribution in [-0.4, -0.2) is 7.11 Å². The highest BCUT2D eigenvalue weighted by Gasteiger charge is 2.05. The first-order valence-electron chi connectivity index (χ1n) is 4.32. The Morgan fingerprint density at radius 3 is 2.79 bits per heavy atom. The van der Waals surface area contributed by atoms with Gasteiger partial charge < -0.3 is 4.74 Å². The third kappa shape index (κ3) is 1.06. The molecule has 0 saturated carbocycles. The van der Waals surface area contributed by atoms with Crippen LogP contribution in [0.25, 0.3) is 20.2 Å². The van der Waals surface area contributed by atoms with Crippen molar-refractivity contribution in [2.75, 3.05) is 7.11 Å². The number of hydrogen-bond acceptors (Lipinski definition) is 3. The Labute approximate surface area is 89.6 Å². The fraction of sp³-hybridized carbons (Fsp3) is 0.0909. The molecule has 1 aromatic carbocycles. The zero-order valence-corrected chi connectivity index (χ0v) is 9.24. The third-order valence-electron chi connectivity index (χ3n) is 2.31. The predicted molar refractivity (Wildman–Crippen MR) is 63.8 cm³/mol. The average molecular weight is 220 g/mol. The molecular weight excluding hydrogens is 212 g/mol. The van der Waals surface area contributed by atoms with Gasteiger partial charge in [0.1, 0.15) is 0 Å². The molecule has 0 N–H and O–H groups in total. The van der Waals surface area contributed by atoms with Crippen molar-refractivity contribution in [3.05, 3.63) is 29.6 Å². The largest absolute Gasteiger partial charge is 0.487 e. The van der Waals surface area contributed by atoms with Gasteiger partial charge in [0.15, 0.2) is 5.06 Å². The van der Waals surface area contributed by atoms with Crippen molar-refractivity contribution in [3.8, 4) is 5.06 Å².